The highest BCUT2D eigenvalue weighted by Crippen LogP contribution is 2.30. The lowest BCUT2D eigenvalue weighted by Gasteiger charge is -2.09. The van der Waals surface area contributed by atoms with Crippen LogP contribution in [-0.2, 0) is 0 Å². The molecule has 0 bridgehead atoms. The summed E-state index contributed by atoms with van der Waals surface area (Å²) >= 11 is 0. The number of hydrogen-bond acceptors (Lipinski definition) is 7. The van der Waals surface area contributed by atoms with Gasteiger partial charge in [-0.3, -0.25) is 19.7 Å². The Bertz CT molecular complexity index is 2250. The highest BCUT2D eigenvalue weighted by molar-refractivity contribution is 6.11. The number of imidazole rings is 1. The Morgan fingerprint density at radius 3 is 2.35 bits per heavy atom. The maximum Gasteiger partial charge on any atom is 0.270 e. The highest BCUT2D eigenvalue weighted by atomic mass is 16.6. The van der Waals surface area contributed by atoms with E-state index in [0.29, 0.717) is 61.8 Å². The first-order valence-corrected chi connectivity index (χ1v) is 14.3. The molecule has 0 aliphatic heterocycles. The summed E-state index contributed by atoms with van der Waals surface area (Å²) in [6, 6.07) is 36.5. The minimum Gasteiger partial charge on any atom is -0.356 e. The topological polar surface area (TPSA) is 144 Å². The standard InChI is InChI=1S/C36H23N5O5/c42-34(23-7-2-1-3-8-23)25-15-18-30-32(20-25)39-35(38-30)28-11-4-5-12-29(28)36(43)37-26-16-13-22(14-17-26)31-21-33(46-40-31)24-9-6-10-27(19-24)41(44)45/h1-21H,(H,37,43)(H,38,39). The summed E-state index contributed by atoms with van der Waals surface area (Å²) in [5.74, 6) is 0.498. The summed E-state index contributed by atoms with van der Waals surface area (Å²) in [6.45, 7) is 0. The normalized spacial score (nSPS) is 11.0. The van der Waals surface area contributed by atoms with Crippen molar-refractivity contribution < 1.29 is 19.0 Å². The van der Waals surface area contributed by atoms with Gasteiger partial charge in [-0.25, -0.2) is 4.98 Å². The Hall–Kier alpha value is -6.68. The highest BCUT2D eigenvalue weighted by Gasteiger charge is 2.18. The van der Waals surface area contributed by atoms with Gasteiger partial charge in [-0.15, -0.1) is 0 Å². The number of non-ortho nitro benzene ring substituents is 1. The van der Waals surface area contributed by atoms with E-state index in [1.54, 1.807) is 84.9 Å². The number of anilines is 1. The second-order valence-corrected chi connectivity index (χ2v) is 10.5. The van der Waals surface area contributed by atoms with Crippen LogP contribution in [0, 0.1) is 10.1 Å². The number of aromatic nitrogens is 3. The van der Waals surface area contributed by atoms with Crippen molar-refractivity contribution in [1.82, 2.24) is 15.1 Å². The molecule has 2 aromatic heterocycles. The molecule has 0 saturated carbocycles. The van der Waals surface area contributed by atoms with Crippen LogP contribution in [0.25, 0.3) is 45.0 Å². The Kier molecular flexibility index (Phi) is 7.20. The van der Waals surface area contributed by atoms with Crippen LogP contribution in [0.5, 0.6) is 0 Å². The van der Waals surface area contributed by atoms with Gasteiger partial charge in [0.15, 0.2) is 11.5 Å². The molecular formula is C36H23N5O5. The Morgan fingerprint density at radius 2 is 1.54 bits per heavy atom. The van der Waals surface area contributed by atoms with Crippen LogP contribution in [0.4, 0.5) is 11.4 Å². The average molecular weight is 606 g/mol. The van der Waals surface area contributed by atoms with Crippen molar-refractivity contribution in [3.63, 3.8) is 0 Å². The van der Waals surface area contributed by atoms with Gasteiger partial charge in [0.2, 0.25) is 0 Å². The molecule has 0 unspecified atom stereocenters. The minimum atomic E-state index is -0.464. The molecule has 2 N–H and O–H groups in total. The van der Waals surface area contributed by atoms with Crippen LogP contribution in [-0.4, -0.2) is 31.7 Å². The second kappa shape index (κ2) is 11.8. The van der Waals surface area contributed by atoms with E-state index in [4.69, 9.17) is 9.51 Å². The van der Waals surface area contributed by atoms with E-state index in [9.17, 15) is 19.7 Å². The first kappa shape index (κ1) is 28.1. The quantitative estimate of drug-likeness (QED) is 0.102. The maximum absolute atomic E-state index is 13.4. The Balaban J connectivity index is 1.09. The summed E-state index contributed by atoms with van der Waals surface area (Å²) in [5, 5.41) is 18.2. The molecule has 1 amide bonds. The number of carbonyl (C=O) groups excluding carboxylic acids is 2. The molecule has 222 valence electrons. The molecule has 0 aliphatic rings. The van der Waals surface area contributed by atoms with Crippen LogP contribution in [0.1, 0.15) is 26.3 Å². The fourth-order valence-corrected chi connectivity index (χ4v) is 5.17. The van der Waals surface area contributed by atoms with Gasteiger partial charge in [0, 0.05) is 51.7 Å². The number of amides is 1. The molecule has 0 spiro atoms. The number of ketones is 1. The minimum absolute atomic E-state index is 0.0399. The Labute approximate surface area is 261 Å². The number of fused-ring (bicyclic) bond motifs is 1. The van der Waals surface area contributed by atoms with Crippen molar-refractivity contribution in [1.29, 1.82) is 0 Å². The lowest BCUT2D eigenvalue weighted by molar-refractivity contribution is -0.384. The maximum atomic E-state index is 13.4. The molecule has 0 saturated heterocycles. The van der Waals surface area contributed by atoms with E-state index in [2.05, 4.69) is 15.5 Å². The molecule has 46 heavy (non-hydrogen) atoms. The third-order valence-corrected chi connectivity index (χ3v) is 7.50. The molecule has 0 aliphatic carbocycles. The summed E-state index contributed by atoms with van der Waals surface area (Å²) in [6.07, 6.45) is 0. The predicted octanol–water partition coefficient (Wildman–Crippen LogP) is 7.94. The van der Waals surface area contributed by atoms with Crippen LogP contribution in [0.2, 0.25) is 0 Å². The first-order valence-electron chi connectivity index (χ1n) is 14.3. The molecule has 7 aromatic rings. The monoisotopic (exact) mass is 605 g/mol. The van der Waals surface area contributed by atoms with Crippen molar-refractivity contribution >= 4 is 34.1 Å². The molecule has 0 fully saturated rings. The van der Waals surface area contributed by atoms with E-state index in [0.717, 1.165) is 5.56 Å². The van der Waals surface area contributed by atoms with Crippen LogP contribution < -0.4 is 5.32 Å². The number of nitrogens with zero attached hydrogens (tertiary/aromatic N) is 3. The molecule has 2 heterocycles. The van der Waals surface area contributed by atoms with Crippen LogP contribution in [0.15, 0.2) is 132 Å². The van der Waals surface area contributed by atoms with Crippen LogP contribution in [0.3, 0.4) is 0 Å². The van der Waals surface area contributed by atoms with Gasteiger partial charge in [0.1, 0.15) is 11.5 Å². The molecule has 5 aromatic carbocycles. The Morgan fingerprint density at radius 1 is 0.761 bits per heavy atom. The SMILES string of the molecule is O=C(c1ccccc1)c1ccc2nc(-c3ccccc3C(=O)Nc3ccc(-c4cc(-c5cccc([N+](=O)[O-])c5)on4)cc3)[nH]c2c1. The number of nitrogens with one attached hydrogen (secondary N) is 2. The number of nitro benzene ring substituents is 1. The van der Waals surface area contributed by atoms with E-state index in [-0.39, 0.29) is 17.4 Å². The lowest BCUT2D eigenvalue weighted by atomic mass is 10.0. The van der Waals surface area contributed by atoms with E-state index in [1.807, 2.05) is 30.3 Å². The largest absolute Gasteiger partial charge is 0.356 e. The van der Waals surface area contributed by atoms with Crippen molar-refractivity contribution in [2.45, 2.75) is 0 Å². The van der Waals surface area contributed by atoms with Gasteiger partial charge in [-0.2, -0.15) is 0 Å². The molecule has 0 radical (unpaired) electrons. The van der Waals surface area contributed by atoms with Crippen LogP contribution >= 0.6 is 0 Å². The predicted molar refractivity (Wildman–Crippen MR) is 173 cm³/mol. The molecule has 10 heteroatoms. The molecule has 10 nitrogen and oxygen atoms in total. The van der Waals surface area contributed by atoms with E-state index < -0.39 is 4.92 Å². The lowest BCUT2D eigenvalue weighted by Crippen LogP contribution is -2.13. The summed E-state index contributed by atoms with van der Waals surface area (Å²) in [5.41, 5.74) is 5.88. The zero-order valence-corrected chi connectivity index (χ0v) is 24.0. The second-order valence-electron chi connectivity index (χ2n) is 10.5. The number of rotatable bonds is 8. The molecule has 7 rings (SSSR count). The number of carbonyl (C=O) groups is 2. The third kappa shape index (κ3) is 5.53. The fraction of sp³-hybridized carbons (Fsp3) is 0. The molecule has 0 atom stereocenters. The van der Waals surface area contributed by atoms with Gasteiger partial charge < -0.3 is 14.8 Å². The van der Waals surface area contributed by atoms with E-state index in [1.165, 1.54) is 12.1 Å². The smallest absolute Gasteiger partial charge is 0.270 e. The molecular weight excluding hydrogens is 582 g/mol. The van der Waals surface area contributed by atoms with Gasteiger partial charge in [0.25, 0.3) is 11.6 Å². The van der Waals surface area contributed by atoms with E-state index >= 15 is 0 Å². The number of aromatic amines is 1. The summed E-state index contributed by atoms with van der Waals surface area (Å²) in [7, 11) is 0. The average Bonchev–Trinajstić information content (AvgIpc) is 3.77. The van der Waals surface area contributed by atoms with Gasteiger partial charge in [-0.1, -0.05) is 78.0 Å². The third-order valence-electron chi connectivity index (χ3n) is 7.50. The number of benzene rings is 5. The number of H-pyrrole nitrogens is 1. The number of hydrogen-bond donors (Lipinski definition) is 2. The van der Waals surface area contributed by atoms with Gasteiger partial charge in [-0.05, 0) is 36.4 Å². The summed E-state index contributed by atoms with van der Waals surface area (Å²) < 4.78 is 5.44. The van der Waals surface area contributed by atoms with Crippen molar-refractivity contribution in [3.8, 4) is 34.0 Å². The van der Waals surface area contributed by atoms with Gasteiger partial charge in [0.05, 0.1) is 21.5 Å². The van der Waals surface area contributed by atoms with Crippen molar-refractivity contribution in [2.24, 2.45) is 0 Å². The van der Waals surface area contributed by atoms with Crippen molar-refractivity contribution in [3.05, 3.63) is 154 Å². The van der Waals surface area contributed by atoms with Gasteiger partial charge >= 0.3 is 0 Å². The fourth-order valence-electron chi connectivity index (χ4n) is 5.17. The summed E-state index contributed by atoms with van der Waals surface area (Å²) in [4.78, 5) is 45.0. The zero-order valence-electron chi connectivity index (χ0n) is 24.0. The number of nitro groups is 1. The van der Waals surface area contributed by atoms with Crippen molar-refractivity contribution in [2.75, 3.05) is 5.32 Å². The zero-order chi connectivity index (χ0) is 31.6. The first-order chi connectivity index (χ1) is 22.4.